The van der Waals surface area contributed by atoms with Gasteiger partial charge in [-0.3, -0.25) is 4.79 Å². The van der Waals surface area contributed by atoms with E-state index in [-0.39, 0.29) is 5.12 Å². The Morgan fingerprint density at radius 1 is 1.47 bits per heavy atom. The van der Waals surface area contributed by atoms with Gasteiger partial charge in [0.25, 0.3) is 0 Å². The highest BCUT2D eigenvalue weighted by Crippen LogP contribution is 2.25. The van der Waals surface area contributed by atoms with Crippen LogP contribution < -0.4 is 10.5 Å². The molecule has 0 aliphatic heterocycles. The first kappa shape index (κ1) is 16.1. The van der Waals surface area contributed by atoms with Crippen LogP contribution in [0.25, 0.3) is 0 Å². The second kappa shape index (κ2) is 6.98. The molecule has 0 aliphatic rings. The van der Waals surface area contributed by atoms with Gasteiger partial charge in [-0.05, 0) is 43.8 Å². The Labute approximate surface area is 119 Å². The van der Waals surface area contributed by atoms with Crippen molar-refractivity contribution in [1.82, 2.24) is 0 Å². The summed E-state index contributed by atoms with van der Waals surface area (Å²) in [4.78, 5) is 21.7. The van der Waals surface area contributed by atoms with Crippen molar-refractivity contribution in [2.75, 3.05) is 18.6 Å². The van der Waals surface area contributed by atoms with Gasteiger partial charge in [0, 0.05) is 11.3 Å². The van der Waals surface area contributed by atoms with E-state index in [1.807, 2.05) is 13.1 Å². The maximum absolute atomic E-state index is 12.0. The van der Waals surface area contributed by atoms with E-state index >= 15 is 0 Å². The molecule has 0 saturated carbocycles. The van der Waals surface area contributed by atoms with E-state index < -0.39 is 8.32 Å². The molecule has 0 heterocycles. The SMILES string of the molecule is COc1cc(C(=O)SCCC[Si](C)(C)O)ccc1N. The van der Waals surface area contributed by atoms with Crippen molar-refractivity contribution in [3.63, 3.8) is 0 Å². The number of anilines is 1. The molecule has 0 atom stereocenters. The highest BCUT2D eigenvalue weighted by Gasteiger charge is 2.16. The summed E-state index contributed by atoms with van der Waals surface area (Å²) < 4.78 is 5.09. The third kappa shape index (κ3) is 5.67. The van der Waals surface area contributed by atoms with Crippen LogP contribution in [0.5, 0.6) is 5.75 Å². The number of rotatable bonds is 6. The molecule has 0 aromatic heterocycles. The standard InChI is InChI=1S/C13H21NO3SSi/c1-17-12-9-10(5-6-11(12)14)13(15)18-7-4-8-19(2,3)16/h5-6,9,16H,4,7-8,14H2,1-3H3. The van der Waals surface area contributed by atoms with Crippen LogP contribution in [0.1, 0.15) is 16.8 Å². The number of carbonyl (C=O) groups excluding carboxylic acids is 1. The van der Waals surface area contributed by atoms with Gasteiger partial charge in [0.1, 0.15) is 5.75 Å². The van der Waals surface area contributed by atoms with Crippen LogP contribution in [0.3, 0.4) is 0 Å². The molecule has 0 amide bonds. The maximum atomic E-state index is 12.0. The molecule has 0 spiro atoms. The van der Waals surface area contributed by atoms with Crippen LogP contribution in [0, 0.1) is 0 Å². The van der Waals surface area contributed by atoms with Gasteiger partial charge in [-0.2, -0.15) is 0 Å². The average molecular weight is 299 g/mol. The molecule has 0 radical (unpaired) electrons. The molecule has 4 nitrogen and oxygen atoms in total. The summed E-state index contributed by atoms with van der Waals surface area (Å²) in [6, 6.07) is 5.86. The van der Waals surface area contributed by atoms with Crippen molar-refractivity contribution >= 4 is 30.9 Å². The molecular formula is C13H21NO3SSi. The van der Waals surface area contributed by atoms with Crippen LogP contribution in [0.2, 0.25) is 19.1 Å². The second-order valence-electron chi connectivity index (χ2n) is 5.01. The fraction of sp³-hybridized carbons (Fsp3) is 0.462. The van der Waals surface area contributed by atoms with Crippen molar-refractivity contribution in [2.45, 2.75) is 25.6 Å². The summed E-state index contributed by atoms with van der Waals surface area (Å²) in [5.74, 6) is 1.25. The van der Waals surface area contributed by atoms with Crippen LogP contribution >= 0.6 is 11.8 Å². The monoisotopic (exact) mass is 299 g/mol. The smallest absolute Gasteiger partial charge is 0.219 e. The molecule has 1 aromatic rings. The number of nitrogens with two attached hydrogens (primary N) is 1. The molecular weight excluding hydrogens is 278 g/mol. The minimum Gasteiger partial charge on any atom is -0.495 e. The predicted octanol–water partition coefficient (Wildman–Crippen LogP) is 2.74. The van der Waals surface area contributed by atoms with E-state index in [1.165, 1.54) is 18.9 Å². The van der Waals surface area contributed by atoms with E-state index in [4.69, 9.17) is 10.5 Å². The molecule has 1 aromatic carbocycles. The number of hydrogen-bond donors (Lipinski definition) is 2. The topological polar surface area (TPSA) is 72.5 Å². The van der Waals surface area contributed by atoms with Crippen molar-refractivity contribution in [1.29, 1.82) is 0 Å². The third-order valence-electron chi connectivity index (χ3n) is 2.64. The Morgan fingerprint density at radius 3 is 2.74 bits per heavy atom. The van der Waals surface area contributed by atoms with E-state index in [0.717, 1.165) is 18.2 Å². The van der Waals surface area contributed by atoms with Crippen molar-refractivity contribution in [3.8, 4) is 5.75 Å². The number of nitrogen functional groups attached to an aromatic ring is 1. The number of ether oxygens (including phenoxy) is 1. The Morgan fingerprint density at radius 2 is 2.16 bits per heavy atom. The number of thioether (sulfide) groups is 1. The lowest BCUT2D eigenvalue weighted by Crippen LogP contribution is -2.24. The molecule has 1 rings (SSSR count). The zero-order valence-electron chi connectivity index (χ0n) is 11.6. The first-order valence-electron chi connectivity index (χ1n) is 6.16. The van der Waals surface area contributed by atoms with Crippen LogP contribution in [-0.2, 0) is 0 Å². The van der Waals surface area contributed by atoms with Gasteiger partial charge in [0.2, 0.25) is 5.12 Å². The molecule has 19 heavy (non-hydrogen) atoms. The lowest BCUT2D eigenvalue weighted by Gasteiger charge is -2.12. The van der Waals surface area contributed by atoms with Crippen LogP contribution in [0.4, 0.5) is 5.69 Å². The molecule has 0 aliphatic carbocycles. The van der Waals surface area contributed by atoms with Gasteiger partial charge in [0.05, 0.1) is 12.8 Å². The number of methoxy groups -OCH3 is 1. The number of carbonyl (C=O) groups is 1. The maximum Gasteiger partial charge on any atom is 0.219 e. The summed E-state index contributed by atoms with van der Waals surface area (Å²) in [5.41, 5.74) is 6.82. The van der Waals surface area contributed by atoms with Crippen molar-refractivity contribution in [2.24, 2.45) is 0 Å². The minimum atomic E-state index is -1.99. The number of benzene rings is 1. The average Bonchev–Trinajstić information content (AvgIpc) is 2.33. The second-order valence-corrected chi connectivity index (χ2v) is 10.2. The predicted molar refractivity (Wildman–Crippen MR) is 83.3 cm³/mol. The Bertz CT molecular complexity index is 446. The lowest BCUT2D eigenvalue weighted by atomic mass is 10.2. The highest BCUT2D eigenvalue weighted by atomic mass is 32.2. The summed E-state index contributed by atoms with van der Waals surface area (Å²) in [6.07, 6.45) is 0.859. The summed E-state index contributed by atoms with van der Waals surface area (Å²) >= 11 is 1.27. The largest absolute Gasteiger partial charge is 0.495 e. The van der Waals surface area contributed by atoms with E-state index in [1.54, 1.807) is 18.2 Å². The number of hydrogen-bond acceptors (Lipinski definition) is 5. The molecule has 3 N–H and O–H groups in total. The van der Waals surface area contributed by atoms with E-state index in [0.29, 0.717) is 17.0 Å². The fourth-order valence-electron chi connectivity index (χ4n) is 1.59. The van der Waals surface area contributed by atoms with Gasteiger partial charge < -0.3 is 15.3 Å². The lowest BCUT2D eigenvalue weighted by molar-refractivity contribution is 0.108. The normalized spacial score (nSPS) is 11.4. The third-order valence-corrected chi connectivity index (χ3v) is 5.20. The molecule has 6 heteroatoms. The van der Waals surface area contributed by atoms with Crippen molar-refractivity contribution in [3.05, 3.63) is 23.8 Å². The first-order chi connectivity index (χ1) is 8.83. The van der Waals surface area contributed by atoms with Gasteiger partial charge in [-0.1, -0.05) is 11.8 Å². The van der Waals surface area contributed by atoms with E-state index in [9.17, 15) is 9.59 Å². The molecule has 0 bridgehead atoms. The van der Waals surface area contributed by atoms with Crippen molar-refractivity contribution < 1.29 is 14.3 Å². The first-order valence-corrected chi connectivity index (χ1v) is 10.3. The van der Waals surface area contributed by atoms with Gasteiger partial charge in [0.15, 0.2) is 8.32 Å². The summed E-state index contributed by atoms with van der Waals surface area (Å²) in [7, 11) is -0.463. The molecule has 0 unspecified atom stereocenters. The molecule has 0 fully saturated rings. The highest BCUT2D eigenvalue weighted by molar-refractivity contribution is 8.14. The van der Waals surface area contributed by atoms with Gasteiger partial charge >= 0.3 is 0 Å². The Balaban J connectivity index is 2.50. The van der Waals surface area contributed by atoms with Crippen LogP contribution in [0.15, 0.2) is 18.2 Å². The summed E-state index contributed by atoms with van der Waals surface area (Å²) in [5, 5.41) is 0.00992. The zero-order valence-corrected chi connectivity index (χ0v) is 13.4. The zero-order chi connectivity index (χ0) is 14.5. The summed E-state index contributed by atoms with van der Waals surface area (Å²) in [6.45, 7) is 3.81. The quantitative estimate of drug-likeness (QED) is 0.480. The minimum absolute atomic E-state index is 0.00992. The molecule has 0 saturated heterocycles. The van der Waals surface area contributed by atoms with Gasteiger partial charge in [-0.25, -0.2) is 0 Å². The molecule has 106 valence electrons. The Kier molecular flexibility index (Phi) is 5.90. The van der Waals surface area contributed by atoms with Crippen LogP contribution in [-0.4, -0.2) is 31.1 Å². The fourth-order valence-corrected chi connectivity index (χ4v) is 3.66. The van der Waals surface area contributed by atoms with Gasteiger partial charge in [-0.15, -0.1) is 0 Å². The van der Waals surface area contributed by atoms with E-state index in [2.05, 4.69) is 0 Å². The Hall–Kier alpha value is -0.983.